The molecule has 0 saturated carbocycles. The first-order valence-electron chi connectivity index (χ1n) is 6.13. The molecule has 0 atom stereocenters. The quantitative estimate of drug-likeness (QED) is 0.847. The van der Waals surface area contributed by atoms with Crippen LogP contribution < -0.4 is 11.2 Å². The van der Waals surface area contributed by atoms with Crippen molar-refractivity contribution < 1.29 is 9.53 Å². The Morgan fingerprint density at radius 1 is 1.25 bits per heavy atom. The van der Waals surface area contributed by atoms with E-state index in [1.165, 1.54) is 10.6 Å². The highest BCUT2D eigenvalue weighted by Crippen LogP contribution is 2.10. The van der Waals surface area contributed by atoms with Crippen LogP contribution in [-0.2, 0) is 4.74 Å². The van der Waals surface area contributed by atoms with Crippen LogP contribution in [0.15, 0.2) is 39.9 Å². The van der Waals surface area contributed by atoms with E-state index in [0.29, 0.717) is 23.6 Å². The molecule has 0 saturated heterocycles. The van der Waals surface area contributed by atoms with Crippen LogP contribution in [-0.4, -0.2) is 22.1 Å². The average Bonchev–Trinajstić information content (AvgIpc) is 2.38. The minimum Gasteiger partial charge on any atom is -0.462 e. The Hall–Kier alpha value is -2.63. The van der Waals surface area contributed by atoms with Crippen LogP contribution in [0.1, 0.15) is 23.0 Å². The number of rotatable bonds is 3. The number of nitrogens with one attached hydrogen (secondary N) is 1. The van der Waals surface area contributed by atoms with E-state index < -0.39 is 17.2 Å². The van der Waals surface area contributed by atoms with E-state index in [9.17, 15) is 14.4 Å². The van der Waals surface area contributed by atoms with Gasteiger partial charge >= 0.3 is 11.7 Å². The Kier molecular flexibility index (Phi) is 3.84. The molecule has 0 aliphatic heterocycles. The number of aromatic nitrogens is 2. The van der Waals surface area contributed by atoms with E-state index in [-0.39, 0.29) is 0 Å². The van der Waals surface area contributed by atoms with Gasteiger partial charge in [0, 0.05) is 11.8 Å². The van der Waals surface area contributed by atoms with Crippen LogP contribution in [0.25, 0.3) is 5.69 Å². The third-order valence-corrected chi connectivity index (χ3v) is 2.76. The number of benzene rings is 1. The number of aromatic amines is 1. The lowest BCUT2D eigenvalue weighted by atomic mass is 10.2. The fourth-order valence-corrected chi connectivity index (χ4v) is 1.89. The van der Waals surface area contributed by atoms with Gasteiger partial charge in [-0.05, 0) is 38.1 Å². The lowest BCUT2D eigenvalue weighted by molar-refractivity contribution is 0.0526. The predicted molar refractivity (Wildman–Crippen MR) is 73.4 cm³/mol. The van der Waals surface area contributed by atoms with Gasteiger partial charge in [0.15, 0.2) is 0 Å². The highest BCUT2D eigenvalue weighted by Gasteiger charge is 2.08. The van der Waals surface area contributed by atoms with Gasteiger partial charge < -0.3 is 4.74 Å². The number of hydrogen-bond acceptors (Lipinski definition) is 4. The summed E-state index contributed by atoms with van der Waals surface area (Å²) in [6.45, 7) is 3.70. The van der Waals surface area contributed by atoms with Gasteiger partial charge in [0.05, 0.1) is 17.9 Å². The minimum absolute atomic E-state index is 0.305. The van der Waals surface area contributed by atoms with Crippen molar-refractivity contribution in [1.82, 2.24) is 9.55 Å². The van der Waals surface area contributed by atoms with Gasteiger partial charge in [0.1, 0.15) is 0 Å². The third kappa shape index (κ3) is 2.69. The van der Waals surface area contributed by atoms with Crippen LogP contribution in [0.5, 0.6) is 0 Å². The second-order valence-electron chi connectivity index (χ2n) is 4.18. The largest absolute Gasteiger partial charge is 0.462 e. The number of hydrogen-bond donors (Lipinski definition) is 1. The van der Waals surface area contributed by atoms with Crippen molar-refractivity contribution in [3.63, 3.8) is 0 Å². The molecule has 2 rings (SSSR count). The predicted octanol–water partition coefficient (Wildman–Crippen LogP) is 1.01. The maximum Gasteiger partial charge on any atom is 0.338 e. The Balaban J connectivity index is 2.43. The lowest BCUT2D eigenvalue weighted by Gasteiger charge is -2.09. The monoisotopic (exact) mass is 274 g/mol. The van der Waals surface area contributed by atoms with Crippen molar-refractivity contribution in [2.45, 2.75) is 13.8 Å². The summed E-state index contributed by atoms with van der Waals surface area (Å²) in [5, 5.41) is 0. The molecule has 20 heavy (non-hydrogen) atoms. The van der Waals surface area contributed by atoms with Crippen LogP contribution in [0.2, 0.25) is 0 Å². The molecule has 1 N–H and O–H groups in total. The van der Waals surface area contributed by atoms with Gasteiger partial charge in [-0.2, -0.15) is 0 Å². The first kappa shape index (κ1) is 13.8. The molecule has 6 heteroatoms. The van der Waals surface area contributed by atoms with Crippen LogP contribution in [0.4, 0.5) is 0 Å². The Morgan fingerprint density at radius 2 is 1.90 bits per heavy atom. The molecule has 0 amide bonds. The number of aryl methyl sites for hydroxylation is 1. The van der Waals surface area contributed by atoms with Crippen LogP contribution in [0, 0.1) is 6.92 Å². The van der Waals surface area contributed by atoms with Crippen molar-refractivity contribution in [2.75, 3.05) is 6.61 Å². The first-order valence-corrected chi connectivity index (χ1v) is 6.13. The van der Waals surface area contributed by atoms with Crippen molar-refractivity contribution in [2.24, 2.45) is 0 Å². The highest BCUT2D eigenvalue weighted by molar-refractivity contribution is 5.89. The number of carbonyl (C=O) groups is 1. The molecule has 1 aromatic heterocycles. The van der Waals surface area contributed by atoms with Gasteiger partial charge in [-0.3, -0.25) is 14.3 Å². The van der Waals surface area contributed by atoms with Crippen molar-refractivity contribution in [3.05, 3.63) is 62.4 Å². The van der Waals surface area contributed by atoms with E-state index in [1.54, 1.807) is 38.1 Å². The fourth-order valence-electron chi connectivity index (χ4n) is 1.89. The SMILES string of the molecule is CCOC(=O)c1ccc(-n2c(C)cc(=O)[nH]c2=O)cc1. The maximum absolute atomic E-state index is 11.8. The number of nitrogens with zero attached hydrogens (tertiary/aromatic N) is 1. The summed E-state index contributed by atoms with van der Waals surface area (Å²) >= 11 is 0. The highest BCUT2D eigenvalue weighted by atomic mass is 16.5. The van der Waals surface area contributed by atoms with Gasteiger partial charge in [-0.15, -0.1) is 0 Å². The maximum atomic E-state index is 11.8. The Labute approximate surface area is 114 Å². The molecule has 0 fully saturated rings. The van der Waals surface area contributed by atoms with E-state index in [0.717, 1.165) is 0 Å². The third-order valence-electron chi connectivity index (χ3n) is 2.76. The molecule has 1 heterocycles. The molecule has 1 aromatic carbocycles. The molecule has 0 unspecified atom stereocenters. The van der Waals surface area contributed by atoms with Gasteiger partial charge in [0.25, 0.3) is 5.56 Å². The molecule has 0 aliphatic carbocycles. The molecule has 0 bridgehead atoms. The smallest absolute Gasteiger partial charge is 0.338 e. The summed E-state index contributed by atoms with van der Waals surface area (Å²) < 4.78 is 6.24. The number of esters is 1. The second kappa shape index (κ2) is 5.56. The summed E-state index contributed by atoms with van der Waals surface area (Å²) in [5.74, 6) is -0.412. The summed E-state index contributed by atoms with van der Waals surface area (Å²) in [6, 6.07) is 7.73. The summed E-state index contributed by atoms with van der Waals surface area (Å²) in [6.07, 6.45) is 0. The molecule has 2 aromatic rings. The zero-order valence-corrected chi connectivity index (χ0v) is 11.2. The number of H-pyrrole nitrogens is 1. The number of ether oxygens (including phenoxy) is 1. The van der Waals surface area contributed by atoms with Crippen LogP contribution >= 0.6 is 0 Å². The lowest BCUT2D eigenvalue weighted by Crippen LogP contribution is -2.29. The zero-order chi connectivity index (χ0) is 14.7. The van der Waals surface area contributed by atoms with E-state index >= 15 is 0 Å². The Morgan fingerprint density at radius 3 is 2.45 bits per heavy atom. The molecule has 6 nitrogen and oxygen atoms in total. The summed E-state index contributed by atoms with van der Waals surface area (Å²) in [7, 11) is 0. The van der Waals surface area contributed by atoms with Crippen molar-refractivity contribution in [1.29, 1.82) is 0 Å². The number of carbonyl (C=O) groups excluding carboxylic acids is 1. The van der Waals surface area contributed by atoms with E-state index in [2.05, 4.69) is 4.98 Å². The molecular weight excluding hydrogens is 260 g/mol. The minimum atomic E-state index is -0.515. The topological polar surface area (TPSA) is 81.2 Å². The van der Waals surface area contributed by atoms with Gasteiger partial charge in [-0.1, -0.05) is 0 Å². The first-order chi connectivity index (χ1) is 9.52. The molecule has 0 aliphatic rings. The molecule has 0 spiro atoms. The standard InChI is InChI=1S/C14H14N2O4/c1-3-20-13(18)10-4-6-11(7-5-10)16-9(2)8-12(17)15-14(16)19/h4-8H,3H2,1-2H3,(H,15,17,19). The van der Waals surface area contributed by atoms with E-state index in [1.807, 2.05) is 0 Å². The second-order valence-corrected chi connectivity index (χ2v) is 4.18. The van der Waals surface area contributed by atoms with Crippen LogP contribution in [0.3, 0.4) is 0 Å². The zero-order valence-electron chi connectivity index (χ0n) is 11.2. The van der Waals surface area contributed by atoms with Crippen molar-refractivity contribution in [3.8, 4) is 5.69 Å². The normalized spacial score (nSPS) is 10.3. The van der Waals surface area contributed by atoms with Gasteiger partial charge in [-0.25, -0.2) is 9.59 Å². The molecular formula is C14H14N2O4. The van der Waals surface area contributed by atoms with E-state index in [4.69, 9.17) is 4.74 Å². The van der Waals surface area contributed by atoms with Gasteiger partial charge in [0.2, 0.25) is 0 Å². The average molecular weight is 274 g/mol. The summed E-state index contributed by atoms with van der Waals surface area (Å²) in [5.41, 5.74) is 0.538. The molecule has 0 radical (unpaired) electrons. The Bertz CT molecular complexity index is 741. The van der Waals surface area contributed by atoms with Crippen molar-refractivity contribution >= 4 is 5.97 Å². The fraction of sp³-hybridized carbons (Fsp3) is 0.214. The molecule has 104 valence electrons. The summed E-state index contributed by atoms with van der Waals surface area (Å²) in [4.78, 5) is 36.7.